The molecule has 0 saturated carbocycles. The van der Waals surface area contributed by atoms with Crippen molar-refractivity contribution in [2.24, 2.45) is 0 Å². The second-order valence-electron chi connectivity index (χ2n) is 5.49. The van der Waals surface area contributed by atoms with Gasteiger partial charge in [0.2, 0.25) is 0 Å². The molecule has 1 N–H and O–H groups in total. The number of alkyl halides is 3. The minimum atomic E-state index is -4.70. The number of rotatable bonds is 5. The van der Waals surface area contributed by atoms with Crippen molar-refractivity contribution in [3.05, 3.63) is 40.9 Å². The SMILES string of the molecule is O=C(Nc1ncc(Cc2ccc(OC(F)(F)F)cc2)s1)[C@H]1CCCO1. The van der Waals surface area contributed by atoms with Gasteiger partial charge in [0.05, 0.1) is 0 Å². The highest BCUT2D eigenvalue weighted by atomic mass is 32.1. The van der Waals surface area contributed by atoms with Gasteiger partial charge in [-0.05, 0) is 30.5 Å². The molecule has 0 spiro atoms. The zero-order valence-corrected chi connectivity index (χ0v) is 13.8. The molecule has 0 unspecified atom stereocenters. The summed E-state index contributed by atoms with van der Waals surface area (Å²) in [6.07, 6.45) is -1.41. The van der Waals surface area contributed by atoms with Crippen LogP contribution in [0, 0.1) is 0 Å². The van der Waals surface area contributed by atoms with E-state index in [1.165, 1.54) is 23.5 Å². The first-order valence-electron chi connectivity index (χ1n) is 7.61. The molecule has 2 heterocycles. The molecule has 1 aliphatic heterocycles. The number of nitrogens with zero attached hydrogens (tertiary/aromatic N) is 1. The fourth-order valence-electron chi connectivity index (χ4n) is 2.43. The van der Waals surface area contributed by atoms with Crippen molar-refractivity contribution >= 4 is 22.4 Å². The van der Waals surface area contributed by atoms with Gasteiger partial charge in [0.25, 0.3) is 5.91 Å². The molecular formula is C16H15F3N2O3S. The lowest BCUT2D eigenvalue weighted by Crippen LogP contribution is -2.26. The average molecular weight is 372 g/mol. The van der Waals surface area contributed by atoms with Gasteiger partial charge in [0, 0.05) is 24.1 Å². The molecular weight excluding hydrogens is 357 g/mol. The molecule has 3 rings (SSSR count). The van der Waals surface area contributed by atoms with Gasteiger partial charge in [0.1, 0.15) is 11.9 Å². The number of benzene rings is 1. The van der Waals surface area contributed by atoms with Crippen molar-refractivity contribution in [2.75, 3.05) is 11.9 Å². The summed E-state index contributed by atoms with van der Waals surface area (Å²) < 4.78 is 45.5. The Morgan fingerprint density at radius 2 is 2.12 bits per heavy atom. The number of amides is 1. The molecule has 1 atom stereocenters. The van der Waals surface area contributed by atoms with Crippen LogP contribution in [0.2, 0.25) is 0 Å². The molecule has 1 saturated heterocycles. The van der Waals surface area contributed by atoms with Gasteiger partial charge in [-0.2, -0.15) is 0 Å². The summed E-state index contributed by atoms with van der Waals surface area (Å²) in [5, 5.41) is 3.20. The quantitative estimate of drug-likeness (QED) is 0.868. The first-order chi connectivity index (χ1) is 11.9. The maximum Gasteiger partial charge on any atom is 0.573 e. The highest BCUT2D eigenvalue weighted by Crippen LogP contribution is 2.25. The second kappa shape index (κ2) is 7.40. The van der Waals surface area contributed by atoms with Crippen molar-refractivity contribution in [2.45, 2.75) is 31.7 Å². The summed E-state index contributed by atoms with van der Waals surface area (Å²) in [7, 11) is 0. The first kappa shape index (κ1) is 17.7. The van der Waals surface area contributed by atoms with Gasteiger partial charge >= 0.3 is 6.36 Å². The van der Waals surface area contributed by atoms with E-state index in [2.05, 4.69) is 15.0 Å². The lowest BCUT2D eigenvalue weighted by atomic mass is 10.1. The van der Waals surface area contributed by atoms with Gasteiger partial charge in [-0.25, -0.2) is 4.98 Å². The van der Waals surface area contributed by atoms with E-state index in [-0.39, 0.29) is 11.7 Å². The van der Waals surface area contributed by atoms with Crippen LogP contribution in [0.3, 0.4) is 0 Å². The standard InChI is InChI=1S/C16H15F3N2O3S/c17-16(18,19)24-11-5-3-10(4-6-11)8-12-9-20-15(25-12)21-14(22)13-2-1-7-23-13/h3-6,9,13H,1-2,7-8H2,(H,20,21,22)/t13-/m1/s1. The Kier molecular flexibility index (Phi) is 5.24. The van der Waals surface area contributed by atoms with Gasteiger partial charge < -0.3 is 9.47 Å². The third-order valence-corrected chi connectivity index (χ3v) is 4.45. The van der Waals surface area contributed by atoms with Crippen LogP contribution in [0.15, 0.2) is 30.5 Å². The number of hydrogen-bond acceptors (Lipinski definition) is 5. The highest BCUT2D eigenvalue weighted by Gasteiger charge is 2.31. The molecule has 0 bridgehead atoms. The molecule has 25 heavy (non-hydrogen) atoms. The van der Waals surface area contributed by atoms with E-state index >= 15 is 0 Å². The second-order valence-corrected chi connectivity index (χ2v) is 6.61. The lowest BCUT2D eigenvalue weighted by molar-refractivity contribution is -0.274. The molecule has 1 fully saturated rings. The first-order valence-corrected chi connectivity index (χ1v) is 8.42. The third-order valence-electron chi connectivity index (χ3n) is 3.54. The zero-order valence-electron chi connectivity index (χ0n) is 13.0. The minimum Gasteiger partial charge on any atom is -0.406 e. The number of thiazole rings is 1. The van der Waals surface area contributed by atoms with Crippen molar-refractivity contribution in [1.29, 1.82) is 0 Å². The molecule has 1 aromatic carbocycles. The van der Waals surface area contributed by atoms with E-state index in [9.17, 15) is 18.0 Å². The van der Waals surface area contributed by atoms with Crippen molar-refractivity contribution in [3.63, 3.8) is 0 Å². The van der Waals surface area contributed by atoms with Crippen LogP contribution in [0.25, 0.3) is 0 Å². The number of hydrogen-bond donors (Lipinski definition) is 1. The summed E-state index contributed by atoms with van der Waals surface area (Å²) in [5.74, 6) is -0.461. The number of ether oxygens (including phenoxy) is 2. The summed E-state index contributed by atoms with van der Waals surface area (Å²) in [6.45, 7) is 0.593. The summed E-state index contributed by atoms with van der Waals surface area (Å²) in [5.41, 5.74) is 0.815. The van der Waals surface area contributed by atoms with E-state index in [0.29, 0.717) is 24.6 Å². The molecule has 0 radical (unpaired) electrons. The Bertz CT molecular complexity index is 725. The minimum absolute atomic E-state index is 0.202. The molecule has 134 valence electrons. The maximum atomic E-state index is 12.1. The van der Waals surface area contributed by atoms with E-state index in [1.54, 1.807) is 18.3 Å². The van der Waals surface area contributed by atoms with Crippen LogP contribution in [-0.4, -0.2) is 30.0 Å². The van der Waals surface area contributed by atoms with Crippen molar-refractivity contribution in [1.82, 2.24) is 4.98 Å². The number of carbonyl (C=O) groups is 1. The van der Waals surface area contributed by atoms with Crippen LogP contribution in [0.5, 0.6) is 5.75 Å². The molecule has 1 aromatic heterocycles. The van der Waals surface area contributed by atoms with Crippen LogP contribution < -0.4 is 10.1 Å². The number of anilines is 1. The molecule has 5 nitrogen and oxygen atoms in total. The zero-order chi connectivity index (χ0) is 17.9. The van der Waals surface area contributed by atoms with Gasteiger partial charge in [0.15, 0.2) is 5.13 Å². The monoisotopic (exact) mass is 372 g/mol. The van der Waals surface area contributed by atoms with Crippen LogP contribution in [0.4, 0.5) is 18.3 Å². The Hall–Kier alpha value is -2.13. The average Bonchev–Trinajstić information content (AvgIpc) is 3.20. The molecule has 9 heteroatoms. The van der Waals surface area contributed by atoms with Gasteiger partial charge in [-0.3, -0.25) is 10.1 Å². The highest BCUT2D eigenvalue weighted by molar-refractivity contribution is 7.15. The van der Waals surface area contributed by atoms with Gasteiger partial charge in [-0.15, -0.1) is 24.5 Å². The van der Waals surface area contributed by atoms with E-state index < -0.39 is 12.5 Å². The normalized spacial score (nSPS) is 17.5. The largest absolute Gasteiger partial charge is 0.573 e. The maximum absolute atomic E-state index is 12.1. The van der Waals surface area contributed by atoms with E-state index in [4.69, 9.17) is 4.74 Å². The molecule has 1 aliphatic rings. The van der Waals surface area contributed by atoms with Crippen LogP contribution in [-0.2, 0) is 16.0 Å². The number of nitrogens with one attached hydrogen (secondary N) is 1. The summed E-state index contributed by atoms with van der Waals surface area (Å²) in [6, 6.07) is 5.66. The number of carbonyl (C=O) groups excluding carboxylic acids is 1. The van der Waals surface area contributed by atoms with Crippen LogP contribution >= 0.6 is 11.3 Å². The Morgan fingerprint density at radius 1 is 1.36 bits per heavy atom. The number of halogens is 3. The van der Waals surface area contributed by atoms with Crippen molar-refractivity contribution in [3.8, 4) is 5.75 Å². The van der Waals surface area contributed by atoms with Crippen molar-refractivity contribution < 1.29 is 27.4 Å². The predicted octanol–water partition coefficient (Wildman–Crippen LogP) is 3.75. The molecule has 0 aliphatic carbocycles. The lowest BCUT2D eigenvalue weighted by Gasteiger charge is -2.09. The van der Waals surface area contributed by atoms with Gasteiger partial charge in [-0.1, -0.05) is 12.1 Å². The fraction of sp³-hybridized carbons (Fsp3) is 0.375. The third kappa shape index (κ3) is 5.17. The Labute approximate surface area is 145 Å². The topological polar surface area (TPSA) is 60.5 Å². The van der Waals surface area contributed by atoms with Crippen LogP contribution in [0.1, 0.15) is 23.3 Å². The predicted molar refractivity (Wildman–Crippen MR) is 85.6 cm³/mol. The fourth-order valence-corrected chi connectivity index (χ4v) is 3.28. The van der Waals surface area contributed by atoms with E-state index in [1.807, 2.05) is 0 Å². The number of aromatic nitrogens is 1. The smallest absolute Gasteiger partial charge is 0.406 e. The molecule has 1 amide bonds. The molecule has 2 aromatic rings. The van der Waals surface area contributed by atoms with E-state index in [0.717, 1.165) is 16.9 Å². The Balaban J connectivity index is 1.56. The summed E-state index contributed by atoms with van der Waals surface area (Å²) in [4.78, 5) is 17.0. The summed E-state index contributed by atoms with van der Waals surface area (Å²) >= 11 is 1.32. The Morgan fingerprint density at radius 3 is 2.76 bits per heavy atom.